The topological polar surface area (TPSA) is 142 Å². The summed E-state index contributed by atoms with van der Waals surface area (Å²) in [6, 6.07) is 1.78. The van der Waals surface area contributed by atoms with Gasteiger partial charge in [-0.05, 0) is 36.9 Å². The summed E-state index contributed by atoms with van der Waals surface area (Å²) >= 11 is 0. The SMILES string of the molecule is [2H]C([2H])([2H])c1ccc(C(O)(CO)C(F)(F)F)cc1-c1cnc(N)c(C(=O)N[C@H]2CCCC[C@@H]2O)n1. The van der Waals surface area contributed by atoms with E-state index in [0.29, 0.717) is 12.8 Å². The highest BCUT2D eigenvalue weighted by Crippen LogP contribution is 2.40. The molecule has 1 amide bonds. The number of nitrogens with one attached hydrogen (secondary N) is 1. The maximum absolute atomic E-state index is 13.5. The number of aliphatic hydroxyl groups is 3. The summed E-state index contributed by atoms with van der Waals surface area (Å²) in [6.07, 6.45) is -2.47. The number of nitrogen functional groups attached to an aromatic ring is 1. The molecule has 0 aliphatic heterocycles. The molecule has 1 aliphatic carbocycles. The smallest absolute Gasteiger partial charge is 0.393 e. The molecule has 0 bridgehead atoms. The van der Waals surface area contributed by atoms with Crippen LogP contribution in [0, 0.1) is 6.85 Å². The fourth-order valence-electron chi connectivity index (χ4n) is 3.57. The van der Waals surface area contributed by atoms with Gasteiger partial charge in [0.2, 0.25) is 5.60 Å². The number of hydrogen-bond acceptors (Lipinski definition) is 7. The maximum Gasteiger partial charge on any atom is 0.423 e. The molecular formula is C21H25F3N4O4. The number of amides is 1. The van der Waals surface area contributed by atoms with Gasteiger partial charge in [0.15, 0.2) is 11.5 Å². The summed E-state index contributed by atoms with van der Waals surface area (Å²) in [6.45, 7) is -4.52. The van der Waals surface area contributed by atoms with Gasteiger partial charge in [-0.3, -0.25) is 4.79 Å². The van der Waals surface area contributed by atoms with Crippen LogP contribution < -0.4 is 11.1 Å². The monoisotopic (exact) mass is 457 g/mol. The number of nitrogens with two attached hydrogens (primary N) is 1. The largest absolute Gasteiger partial charge is 0.423 e. The van der Waals surface area contributed by atoms with Crippen LogP contribution in [-0.2, 0) is 5.60 Å². The molecule has 2 aromatic rings. The Morgan fingerprint density at radius 2 is 2.06 bits per heavy atom. The van der Waals surface area contributed by atoms with Gasteiger partial charge < -0.3 is 26.4 Å². The van der Waals surface area contributed by atoms with Crippen molar-refractivity contribution < 1.29 is 37.4 Å². The predicted octanol–water partition coefficient (Wildman–Crippen LogP) is 1.81. The Hall–Kier alpha value is -2.76. The van der Waals surface area contributed by atoms with Crippen LogP contribution in [0.5, 0.6) is 0 Å². The minimum absolute atomic E-state index is 0.288. The Morgan fingerprint density at radius 1 is 1.34 bits per heavy atom. The molecule has 0 saturated heterocycles. The molecule has 1 aromatic heterocycles. The quantitative estimate of drug-likeness (QED) is 0.461. The lowest BCUT2D eigenvalue weighted by molar-refractivity contribution is -0.277. The number of aromatic nitrogens is 2. The summed E-state index contributed by atoms with van der Waals surface area (Å²) in [5, 5.41) is 32.1. The first-order valence-electron chi connectivity index (χ1n) is 11.4. The molecular weight excluding hydrogens is 429 g/mol. The molecule has 0 radical (unpaired) electrons. The molecule has 3 atom stereocenters. The van der Waals surface area contributed by atoms with E-state index in [1.54, 1.807) is 0 Å². The van der Waals surface area contributed by atoms with Gasteiger partial charge in [-0.25, -0.2) is 9.97 Å². The zero-order chi connectivity index (χ0) is 26.2. The molecule has 8 nitrogen and oxygen atoms in total. The summed E-state index contributed by atoms with van der Waals surface area (Å²) in [5.41, 5.74) is -0.199. The minimum atomic E-state index is -5.28. The summed E-state index contributed by atoms with van der Waals surface area (Å²) < 4.78 is 63.7. The van der Waals surface area contributed by atoms with Crippen molar-refractivity contribution in [2.45, 2.75) is 56.5 Å². The number of anilines is 1. The van der Waals surface area contributed by atoms with Gasteiger partial charge in [0.05, 0.1) is 30.6 Å². The number of rotatable bonds is 5. The Bertz CT molecular complexity index is 1100. The van der Waals surface area contributed by atoms with Crippen LogP contribution in [0.4, 0.5) is 19.0 Å². The van der Waals surface area contributed by atoms with E-state index in [2.05, 4.69) is 15.3 Å². The average Bonchev–Trinajstić information content (AvgIpc) is 2.78. The average molecular weight is 457 g/mol. The standard InChI is InChI=1S/C21H25F3N4O4/c1-11-6-7-12(20(32,10-29)21(22,23)24)8-13(11)15-9-26-18(25)17(27-15)19(31)28-14-4-2-3-5-16(14)30/h6-9,14,16,29-30,32H,2-5,10H2,1H3,(H2,25,26)(H,28,31)/t14-,16-,20?/m0/s1/i1D3. The summed E-state index contributed by atoms with van der Waals surface area (Å²) in [4.78, 5) is 20.7. The highest BCUT2D eigenvalue weighted by molar-refractivity contribution is 5.97. The van der Waals surface area contributed by atoms with Gasteiger partial charge in [-0.15, -0.1) is 0 Å². The Morgan fingerprint density at radius 3 is 2.69 bits per heavy atom. The molecule has 11 heteroatoms. The van der Waals surface area contributed by atoms with Crippen molar-refractivity contribution in [2.24, 2.45) is 0 Å². The Balaban J connectivity index is 2.10. The van der Waals surface area contributed by atoms with E-state index in [1.807, 2.05) is 0 Å². The lowest BCUT2D eigenvalue weighted by Crippen LogP contribution is -2.45. The van der Waals surface area contributed by atoms with Gasteiger partial charge in [0.1, 0.15) is 0 Å². The lowest BCUT2D eigenvalue weighted by atomic mass is 9.90. The molecule has 0 spiro atoms. The van der Waals surface area contributed by atoms with Crippen molar-refractivity contribution in [3.8, 4) is 11.3 Å². The van der Waals surface area contributed by atoms with Crippen LogP contribution >= 0.6 is 0 Å². The van der Waals surface area contributed by atoms with E-state index in [-0.39, 0.29) is 17.1 Å². The number of nitrogens with zero attached hydrogens (tertiary/aromatic N) is 2. The summed E-state index contributed by atoms with van der Waals surface area (Å²) in [7, 11) is 0. The van der Waals surface area contributed by atoms with E-state index in [4.69, 9.17) is 9.85 Å². The number of benzene rings is 1. The maximum atomic E-state index is 13.5. The van der Waals surface area contributed by atoms with Crippen LogP contribution in [-0.4, -0.2) is 56.1 Å². The van der Waals surface area contributed by atoms with E-state index in [1.165, 1.54) is 0 Å². The highest BCUT2D eigenvalue weighted by Gasteiger charge is 2.54. The first-order chi connectivity index (χ1) is 16.2. The third-order valence-electron chi connectivity index (χ3n) is 5.53. The fraction of sp³-hybridized carbons (Fsp3) is 0.476. The number of aliphatic hydroxyl groups excluding tert-OH is 2. The van der Waals surface area contributed by atoms with Crippen LogP contribution in [0.3, 0.4) is 0 Å². The van der Waals surface area contributed by atoms with Gasteiger partial charge in [-0.1, -0.05) is 25.0 Å². The molecule has 32 heavy (non-hydrogen) atoms. The van der Waals surface area contributed by atoms with Crippen molar-refractivity contribution in [2.75, 3.05) is 12.3 Å². The van der Waals surface area contributed by atoms with E-state index in [0.717, 1.165) is 37.2 Å². The number of hydrogen-bond donors (Lipinski definition) is 5. The first-order valence-corrected chi connectivity index (χ1v) is 9.86. The minimum Gasteiger partial charge on any atom is -0.393 e. The Labute approximate surface area is 186 Å². The van der Waals surface area contributed by atoms with Crippen LogP contribution in [0.2, 0.25) is 0 Å². The van der Waals surface area contributed by atoms with Crippen molar-refractivity contribution in [3.05, 3.63) is 41.2 Å². The number of alkyl halides is 3. The van der Waals surface area contributed by atoms with Crippen molar-refractivity contribution in [1.82, 2.24) is 15.3 Å². The third kappa shape index (κ3) is 4.54. The number of carbonyl (C=O) groups excluding carboxylic acids is 1. The highest BCUT2D eigenvalue weighted by atomic mass is 19.4. The van der Waals surface area contributed by atoms with E-state index < -0.39 is 60.1 Å². The molecule has 174 valence electrons. The van der Waals surface area contributed by atoms with Crippen molar-refractivity contribution in [3.63, 3.8) is 0 Å². The van der Waals surface area contributed by atoms with Gasteiger partial charge in [0.25, 0.3) is 5.91 Å². The van der Waals surface area contributed by atoms with Gasteiger partial charge in [-0.2, -0.15) is 13.2 Å². The van der Waals surface area contributed by atoms with Crippen LogP contribution in [0.15, 0.2) is 24.4 Å². The van der Waals surface area contributed by atoms with E-state index >= 15 is 0 Å². The molecule has 1 saturated carbocycles. The van der Waals surface area contributed by atoms with Crippen LogP contribution in [0.1, 0.15) is 51.4 Å². The van der Waals surface area contributed by atoms with Crippen LogP contribution in [0.25, 0.3) is 11.3 Å². The number of halogens is 3. The normalized spacial score (nSPS) is 22.9. The Kier molecular flexibility index (Phi) is 5.60. The molecule has 1 aromatic carbocycles. The van der Waals surface area contributed by atoms with Gasteiger partial charge >= 0.3 is 6.18 Å². The van der Waals surface area contributed by atoms with E-state index in [9.17, 15) is 33.3 Å². The number of aryl methyl sites for hydroxylation is 1. The molecule has 1 heterocycles. The van der Waals surface area contributed by atoms with Gasteiger partial charge in [0, 0.05) is 9.68 Å². The first kappa shape index (κ1) is 19.9. The second kappa shape index (κ2) is 9.00. The summed E-state index contributed by atoms with van der Waals surface area (Å²) in [5.74, 6) is -1.11. The zero-order valence-electron chi connectivity index (χ0n) is 19.9. The lowest BCUT2D eigenvalue weighted by Gasteiger charge is -2.29. The third-order valence-corrected chi connectivity index (χ3v) is 5.53. The van der Waals surface area contributed by atoms with Crippen molar-refractivity contribution >= 4 is 11.7 Å². The zero-order valence-corrected chi connectivity index (χ0v) is 16.9. The molecule has 1 unspecified atom stereocenters. The molecule has 6 N–H and O–H groups in total. The molecule has 3 rings (SSSR count). The second-order valence-corrected chi connectivity index (χ2v) is 7.70. The molecule has 1 fully saturated rings. The number of carbonyl (C=O) groups is 1. The predicted molar refractivity (Wildman–Crippen MR) is 109 cm³/mol. The van der Waals surface area contributed by atoms with Crippen molar-refractivity contribution in [1.29, 1.82) is 0 Å². The molecule has 1 aliphatic rings. The second-order valence-electron chi connectivity index (χ2n) is 7.70. The fourth-order valence-corrected chi connectivity index (χ4v) is 3.57.